The van der Waals surface area contributed by atoms with Crippen LogP contribution < -0.4 is 4.57 Å². The van der Waals surface area contributed by atoms with E-state index in [0.29, 0.717) is 0 Å². The van der Waals surface area contributed by atoms with E-state index in [1.165, 1.54) is 0 Å². The van der Waals surface area contributed by atoms with Crippen LogP contribution in [0.15, 0.2) is 27.4 Å². The third-order valence-corrected chi connectivity index (χ3v) is 2.70. The van der Waals surface area contributed by atoms with Gasteiger partial charge in [0.15, 0.2) is 0 Å². The standard InChI is InChI=1S/C6H6Br2N/c1-9-5(7)3-2-4-6(9)8/h2-4H,1H3/q+1. The van der Waals surface area contributed by atoms with Gasteiger partial charge >= 0.3 is 0 Å². The summed E-state index contributed by atoms with van der Waals surface area (Å²) >= 11 is 6.76. The molecule has 0 atom stereocenters. The molecule has 0 fully saturated rings. The highest BCUT2D eigenvalue weighted by molar-refractivity contribution is 9.11. The van der Waals surface area contributed by atoms with E-state index in [4.69, 9.17) is 0 Å². The quantitative estimate of drug-likeness (QED) is 0.491. The summed E-state index contributed by atoms with van der Waals surface area (Å²) in [6.07, 6.45) is 0. The number of halogens is 2. The average molecular weight is 252 g/mol. The lowest BCUT2D eigenvalue weighted by molar-refractivity contribution is -0.693. The molecule has 1 heterocycles. The van der Waals surface area contributed by atoms with Gasteiger partial charge in [-0.1, -0.05) is 0 Å². The molecule has 0 saturated carbocycles. The smallest absolute Gasteiger partial charge is 0.183 e. The predicted octanol–water partition coefficient (Wildman–Crippen LogP) is 2.04. The zero-order valence-corrected chi connectivity index (χ0v) is 8.11. The molecule has 48 valence electrons. The van der Waals surface area contributed by atoms with Gasteiger partial charge in [-0.25, -0.2) is 0 Å². The fourth-order valence-electron chi connectivity index (χ4n) is 0.533. The molecule has 0 spiro atoms. The second kappa shape index (κ2) is 2.80. The maximum absolute atomic E-state index is 3.38. The third-order valence-electron chi connectivity index (χ3n) is 1.11. The summed E-state index contributed by atoms with van der Waals surface area (Å²) in [5, 5.41) is 0. The van der Waals surface area contributed by atoms with E-state index < -0.39 is 0 Å². The van der Waals surface area contributed by atoms with Crippen LogP contribution in [0.5, 0.6) is 0 Å². The maximum atomic E-state index is 3.38. The molecule has 9 heavy (non-hydrogen) atoms. The van der Waals surface area contributed by atoms with Gasteiger partial charge in [-0.2, -0.15) is 4.57 Å². The van der Waals surface area contributed by atoms with E-state index in [1.54, 1.807) is 0 Å². The van der Waals surface area contributed by atoms with Gasteiger partial charge in [-0.15, -0.1) is 0 Å². The van der Waals surface area contributed by atoms with E-state index in [2.05, 4.69) is 31.9 Å². The minimum atomic E-state index is 1.07. The number of aromatic nitrogens is 1. The van der Waals surface area contributed by atoms with Crippen LogP contribution >= 0.6 is 31.9 Å². The molecule has 0 unspecified atom stereocenters. The second-order valence-electron chi connectivity index (χ2n) is 1.73. The summed E-state index contributed by atoms with van der Waals surface area (Å²) in [6.45, 7) is 0. The molecule has 0 aliphatic carbocycles. The van der Waals surface area contributed by atoms with E-state index >= 15 is 0 Å². The van der Waals surface area contributed by atoms with Crippen molar-refractivity contribution in [2.75, 3.05) is 0 Å². The molecule has 0 N–H and O–H groups in total. The number of nitrogens with zero attached hydrogens (tertiary/aromatic N) is 1. The Labute approximate surface area is 71.0 Å². The first-order chi connectivity index (χ1) is 4.22. The van der Waals surface area contributed by atoms with Crippen LogP contribution in [0.3, 0.4) is 0 Å². The van der Waals surface area contributed by atoms with Crippen LogP contribution in [0.4, 0.5) is 0 Å². The molecule has 1 aromatic heterocycles. The SMILES string of the molecule is C[n+]1c(Br)cccc1Br. The molecule has 0 saturated heterocycles. The van der Waals surface area contributed by atoms with Gasteiger partial charge in [0, 0.05) is 44.0 Å². The van der Waals surface area contributed by atoms with Gasteiger partial charge in [0.25, 0.3) is 0 Å². The summed E-state index contributed by atoms with van der Waals surface area (Å²) in [5.41, 5.74) is 0. The Morgan fingerprint density at radius 3 is 2.00 bits per heavy atom. The Kier molecular flexibility index (Phi) is 2.24. The fourth-order valence-corrected chi connectivity index (χ4v) is 1.46. The molecule has 0 aliphatic heterocycles. The van der Waals surface area contributed by atoms with Gasteiger partial charge in [-0.3, -0.25) is 0 Å². The third kappa shape index (κ3) is 1.52. The molecular formula is C6H6Br2N+. The Hall–Kier alpha value is 0.110. The van der Waals surface area contributed by atoms with E-state index in [-0.39, 0.29) is 0 Å². The zero-order valence-electron chi connectivity index (χ0n) is 4.94. The molecule has 0 radical (unpaired) electrons. The van der Waals surface area contributed by atoms with Crippen molar-refractivity contribution in [1.29, 1.82) is 0 Å². The first-order valence-corrected chi connectivity index (χ1v) is 4.10. The number of pyridine rings is 1. The summed E-state index contributed by atoms with van der Waals surface area (Å²) in [7, 11) is 1.98. The van der Waals surface area contributed by atoms with Crippen molar-refractivity contribution in [2.45, 2.75) is 0 Å². The lowest BCUT2D eigenvalue weighted by Gasteiger charge is -1.90. The van der Waals surface area contributed by atoms with E-state index in [1.807, 2.05) is 29.8 Å². The highest BCUT2D eigenvalue weighted by Gasteiger charge is 2.03. The van der Waals surface area contributed by atoms with Crippen LogP contribution in [-0.4, -0.2) is 0 Å². The minimum absolute atomic E-state index is 1.07. The monoisotopic (exact) mass is 250 g/mol. The molecule has 1 rings (SSSR count). The number of hydrogen-bond donors (Lipinski definition) is 0. The fraction of sp³-hybridized carbons (Fsp3) is 0.167. The van der Waals surface area contributed by atoms with Crippen LogP contribution in [0, 0.1) is 0 Å². The first-order valence-electron chi connectivity index (χ1n) is 2.52. The molecule has 1 nitrogen and oxygen atoms in total. The average Bonchev–Trinajstić information content (AvgIpc) is 1.83. The summed E-state index contributed by atoms with van der Waals surface area (Å²) in [5.74, 6) is 0. The van der Waals surface area contributed by atoms with Crippen molar-refractivity contribution in [3.05, 3.63) is 27.4 Å². The molecule has 0 bridgehead atoms. The lowest BCUT2D eigenvalue weighted by atomic mass is 10.5. The van der Waals surface area contributed by atoms with Gasteiger partial charge in [0.05, 0.1) is 0 Å². The maximum Gasteiger partial charge on any atom is 0.248 e. The van der Waals surface area contributed by atoms with Crippen molar-refractivity contribution in [2.24, 2.45) is 7.05 Å². The van der Waals surface area contributed by atoms with Crippen molar-refractivity contribution in [3.8, 4) is 0 Å². The summed E-state index contributed by atoms with van der Waals surface area (Å²) < 4.78 is 4.13. The lowest BCUT2D eigenvalue weighted by Crippen LogP contribution is -2.31. The highest BCUT2D eigenvalue weighted by atomic mass is 79.9. The Morgan fingerprint density at radius 2 is 1.67 bits per heavy atom. The number of hydrogen-bond acceptors (Lipinski definition) is 0. The minimum Gasteiger partial charge on any atom is -0.183 e. The van der Waals surface area contributed by atoms with Crippen LogP contribution in [0.25, 0.3) is 0 Å². The molecular weight excluding hydrogens is 246 g/mol. The van der Waals surface area contributed by atoms with E-state index in [9.17, 15) is 0 Å². The highest BCUT2D eigenvalue weighted by Crippen LogP contribution is 2.07. The molecule has 0 aliphatic rings. The molecule has 1 aromatic rings. The van der Waals surface area contributed by atoms with Crippen LogP contribution in [0.1, 0.15) is 0 Å². The Morgan fingerprint density at radius 1 is 1.22 bits per heavy atom. The zero-order chi connectivity index (χ0) is 6.85. The topological polar surface area (TPSA) is 3.88 Å². The predicted molar refractivity (Wildman–Crippen MR) is 43.0 cm³/mol. The molecule has 3 heteroatoms. The summed E-state index contributed by atoms with van der Waals surface area (Å²) in [6, 6.07) is 5.96. The Balaban J connectivity index is 3.25. The van der Waals surface area contributed by atoms with E-state index in [0.717, 1.165) is 9.21 Å². The normalized spacial score (nSPS) is 9.67. The van der Waals surface area contributed by atoms with Gasteiger partial charge in [-0.05, 0) is 6.07 Å². The summed E-state index contributed by atoms with van der Waals surface area (Å²) in [4.78, 5) is 0. The number of rotatable bonds is 0. The van der Waals surface area contributed by atoms with Gasteiger partial charge in [0.1, 0.15) is 7.05 Å². The largest absolute Gasteiger partial charge is 0.248 e. The van der Waals surface area contributed by atoms with Crippen molar-refractivity contribution < 1.29 is 4.57 Å². The Bertz CT molecular complexity index is 202. The van der Waals surface area contributed by atoms with Gasteiger partial charge in [0.2, 0.25) is 9.21 Å². The first kappa shape index (κ1) is 7.22. The molecule has 0 amide bonds. The van der Waals surface area contributed by atoms with Crippen LogP contribution in [-0.2, 0) is 7.05 Å². The molecule has 0 aromatic carbocycles. The van der Waals surface area contributed by atoms with Crippen molar-refractivity contribution in [1.82, 2.24) is 0 Å². The van der Waals surface area contributed by atoms with Crippen molar-refractivity contribution >= 4 is 31.9 Å². The van der Waals surface area contributed by atoms with Crippen molar-refractivity contribution in [3.63, 3.8) is 0 Å². The van der Waals surface area contributed by atoms with Gasteiger partial charge < -0.3 is 0 Å². The second-order valence-corrected chi connectivity index (χ2v) is 3.36. The van der Waals surface area contributed by atoms with Crippen LogP contribution in [0.2, 0.25) is 0 Å².